The molecule has 1 nitrogen and oxygen atoms in total. The molecule has 1 atom stereocenters. The Morgan fingerprint density at radius 1 is 1.00 bits per heavy atom. The standard InChI is InChI=1S/C7H11O.3C4H9.Sn/c1-8-7-5-3-2-4-6-7;3*1-3-4-2;/h5-6H,2-4H2,1H3;3*1,3-4H2,2H3;. The van der Waals surface area contributed by atoms with E-state index < -0.39 is 18.4 Å². The molecule has 0 aromatic heterocycles. The van der Waals surface area contributed by atoms with E-state index in [0.717, 1.165) is 3.93 Å². The molecule has 0 heterocycles. The van der Waals surface area contributed by atoms with Crippen LogP contribution in [-0.4, -0.2) is 25.5 Å². The number of unbranched alkanes of at least 4 members (excludes halogenated alkanes) is 3. The van der Waals surface area contributed by atoms with E-state index in [-0.39, 0.29) is 0 Å². The first kappa shape index (κ1) is 19.4. The molecule has 1 rings (SSSR count). The zero-order valence-electron chi connectivity index (χ0n) is 15.0. The van der Waals surface area contributed by atoms with Gasteiger partial charge in [-0.15, -0.1) is 0 Å². The summed E-state index contributed by atoms with van der Waals surface area (Å²) in [5, 5.41) is 0. The van der Waals surface area contributed by atoms with E-state index in [2.05, 4.69) is 26.8 Å². The van der Waals surface area contributed by atoms with Crippen LogP contribution < -0.4 is 0 Å². The Bertz CT molecular complexity index is 276. The van der Waals surface area contributed by atoms with Crippen molar-refractivity contribution in [2.75, 3.05) is 7.11 Å². The first-order chi connectivity index (χ1) is 10.2. The molecule has 0 saturated carbocycles. The molecule has 0 fully saturated rings. The maximum atomic E-state index is 5.86. The molecule has 0 spiro atoms. The normalized spacial score (nSPS) is 19.4. The minimum absolute atomic E-state index is 0.891. The molecule has 1 aliphatic rings. The molecule has 2 heteroatoms. The average molecular weight is 401 g/mol. The summed E-state index contributed by atoms with van der Waals surface area (Å²) < 4.78 is 11.6. The Labute approximate surface area is 137 Å². The van der Waals surface area contributed by atoms with Crippen molar-refractivity contribution in [2.24, 2.45) is 0 Å². The van der Waals surface area contributed by atoms with Gasteiger partial charge in [0.05, 0.1) is 0 Å². The first-order valence-corrected chi connectivity index (χ1v) is 17.2. The van der Waals surface area contributed by atoms with E-state index >= 15 is 0 Å². The molecule has 21 heavy (non-hydrogen) atoms. The molecular weight excluding hydrogens is 363 g/mol. The van der Waals surface area contributed by atoms with Crippen LogP contribution >= 0.6 is 0 Å². The van der Waals surface area contributed by atoms with Gasteiger partial charge >= 0.3 is 138 Å². The summed E-state index contributed by atoms with van der Waals surface area (Å²) in [5.41, 5.74) is 0. The van der Waals surface area contributed by atoms with Crippen molar-refractivity contribution < 1.29 is 4.74 Å². The summed E-state index contributed by atoms with van der Waals surface area (Å²) in [5.74, 6) is 1.40. The molecule has 1 aliphatic carbocycles. The SMILES string of the molecule is CCC[CH2][Sn]([CH2]CCC)([CH2]CCC)[CH]1CCCC=C1OC. The third-order valence-electron chi connectivity index (χ3n) is 5.45. The van der Waals surface area contributed by atoms with Crippen molar-refractivity contribution >= 4 is 18.4 Å². The van der Waals surface area contributed by atoms with E-state index in [0.29, 0.717) is 0 Å². The van der Waals surface area contributed by atoms with E-state index in [1.807, 2.05) is 7.11 Å². The summed E-state index contributed by atoms with van der Waals surface area (Å²) in [6.07, 6.45) is 15.0. The third-order valence-corrected chi connectivity index (χ3v) is 22.9. The van der Waals surface area contributed by atoms with Crippen LogP contribution in [0.15, 0.2) is 11.8 Å². The molecule has 0 aliphatic heterocycles. The van der Waals surface area contributed by atoms with Crippen molar-refractivity contribution in [3.63, 3.8) is 0 Å². The van der Waals surface area contributed by atoms with Crippen LogP contribution in [0, 0.1) is 0 Å². The molecule has 0 saturated heterocycles. The summed E-state index contributed by atoms with van der Waals surface area (Å²) in [6, 6.07) is 0. The predicted octanol–water partition coefficient (Wildman–Crippen LogP) is 6.92. The van der Waals surface area contributed by atoms with Crippen LogP contribution in [0.3, 0.4) is 0 Å². The van der Waals surface area contributed by atoms with Gasteiger partial charge in [-0.25, -0.2) is 0 Å². The van der Waals surface area contributed by atoms with E-state index in [4.69, 9.17) is 4.74 Å². The molecule has 0 radical (unpaired) electrons. The van der Waals surface area contributed by atoms with Gasteiger partial charge in [0.2, 0.25) is 0 Å². The fourth-order valence-corrected chi connectivity index (χ4v) is 23.1. The van der Waals surface area contributed by atoms with Crippen LogP contribution in [0.4, 0.5) is 0 Å². The number of rotatable bonds is 11. The Morgan fingerprint density at radius 3 is 1.95 bits per heavy atom. The minimum atomic E-state index is -2.13. The molecule has 0 aromatic rings. The van der Waals surface area contributed by atoms with E-state index in [9.17, 15) is 0 Å². The summed E-state index contributed by atoms with van der Waals surface area (Å²) in [6.45, 7) is 7.10. The number of hydrogen-bond acceptors (Lipinski definition) is 1. The fraction of sp³-hybridized carbons (Fsp3) is 0.895. The number of ether oxygens (including phenoxy) is 1. The van der Waals surface area contributed by atoms with Crippen LogP contribution in [-0.2, 0) is 4.74 Å². The Balaban J connectivity index is 2.98. The molecular formula is C19H38OSn. The second-order valence-corrected chi connectivity index (χ2v) is 21.0. The number of allylic oxidation sites excluding steroid dienone is 2. The summed E-state index contributed by atoms with van der Waals surface area (Å²) in [7, 11) is 1.92. The van der Waals surface area contributed by atoms with Crippen molar-refractivity contribution in [1.29, 1.82) is 0 Å². The van der Waals surface area contributed by atoms with Gasteiger partial charge in [0, 0.05) is 0 Å². The Morgan fingerprint density at radius 2 is 1.52 bits per heavy atom. The van der Waals surface area contributed by atoms with Crippen LogP contribution in [0.1, 0.15) is 78.6 Å². The summed E-state index contributed by atoms with van der Waals surface area (Å²) in [4.78, 5) is 0. The molecule has 124 valence electrons. The molecule has 0 bridgehead atoms. The monoisotopic (exact) mass is 402 g/mol. The van der Waals surface area contributed by atoms with Gasteiger partial charge in [-0.1, -0.05) is 0 Å². The maximum absolute atomic E-state index is 5.86. The first-order valence-electron chi connectivity index (χ1n) is 9.48. The van der Waals surface area contributed by atoms with Gasteiger partial charge in [-0.2, -0.15) is 0 Å². The Hall–Kier alpha value is 0.339. The molecule has 1 unspecified atom stereocenters. The summed E-state index contributed by atoms with van der Waals surface area (Å²) >= 11 is -2.13. The quantitative estimate of drug-likeness (QED) is 0.342. The van der Waals surface area contributed by atoms with Gasteiger partial charge in [0.25, 0.3) is 0 Å². The zero-order chi connectivity index (χ0) is 15.6. The van der Waals surface area contributed by atoms with Crippen molar-refractivity contribution in [2.45, 2.75) is 95.8 Å². The van der Waals surface area contributed by atoms with Gasteiger partial charge in [-0.05, 0) is 0 Å². The third kappa shape index (κ3) is 5.80. The van der Waals surface area contributed by atoms with Crippen molar-refractivity contribution in [1.82, 2.24) is 0 Å². The number of methoxy groups -OCH3 is 1. The fourth-order valence-electron chi connectivity index (χ4n) is 4.17. The zero-order valence-corrected chi connectivity index (χ0v) is 17.9. The second kappa shape index (κ2) is 11.0. The molecule has 0 N–H and O–H groups in total. The molecule has 0 amide bonds. The predicted molar refractivity (Wildman–Crippen MR) is 97.6 cm³/mol. The molecule has 0 aromatic carbocycles. The average Bonchev–Trinajstić information content (AvgIpc) is 2.54. The van der Waals surface area contributed by atoms with E-state index in [1.54, 1.807) is 13.3 Å². The second-order valence-electron chi connectivity index (χ2n) is 6.97. The van der Waals surface area contributed by atoms with Gasteiger partial charge in [-0.3, -0.25) is 0 Å². The van der Waals surface area contributed by atoms with Crippen LogP contribution in [0.2, 0.25) is 17.2 Å². The Kier molecular flexibility index (Phi) is 10.1. The van der Waals surface area contributed by atoms with Crippen molar-refractivity contribution in [3.05, 3.63) is 11.8 Å². The van der Waals surface area contributed by atoms with E-state index in [1.165, 1.54) is 63.5 Å². The van der Waals surface area contributed by atoms with Crippen LogP contribution in [0.25, 0.3) is 0 Å². The van der Waals surface area contributed by atoms with Gasteiger partial charge in [0.15, 0.2) is 0 Å². The van der Waals surface area contributed by atoms with Crippen LogP contribution in [0.5, 0.6) is 0 Å². The topological polar surface area (TPSA) is 9.23 Å². The van der Waals surface area contributed by atoms with Gasteiger partial charge in [0.1, 0.15) is 0 Å². The van der Waals surface area contributed by atoms with Crippen molar-refractivity contribution in [3.8, 4) is 0 Å². The number of hydrogen-bond donors (Lipinski definition) is 0. The van der Waals surface area contributed by atoms with Gasteiger partial charge < -0.3 is 0 Å².